The molecule has 1 heterocycles. The quantitative estimate of drug-likeness (QED) is 0.504. The zero-order chi connectivity index (χ0) is 23.2. The molecule has 1 amide bonds. The number of rotatable bonds is 9. The van der Waals surface area contributed by atoms with E-state index >= 15 is 0 Å². The lowest BCUT2D eigenvalue weighted by Crippen LogP contribution is -2.24. The minimum Gasteiger partial charge on any atom is -0.486 e. The number of nitrogens with one attached hydrogen (secondary N) is 1. The van der Waals surface area contributed by atoms with Crippen LogP contribution in [0.1, 0.15) is 85.7 Å². The number of Topliss-reactive ketones (excluding diaryl/α,β-unsaturated/α-hetero) is 1. The van der Waals surface area contributed by atoms with Crippen molar-refractivity contribution in [2.75, 3.05) is 19.8 Å². The Hall–Kier alpha value is -2.82. The molecule has 0 spiro atoms. The first-order valence-corrected chi connectivity index (χ1v) is 12.3. The molecule has 5 nitrogen and oxygen atoms in total. The third-order valence-corrected chi connectivity index (χ3v) is 6.99. The van der Waals surface area contributed by atoms with Gasteiger partial charge in [0, 0.05) is 24.1 Å². The van der Waals surface area contributed by atoms with Crippen molar-refractivity contribution < 1.29 is 19.1 Å². The lowest BCUT2D eigenvalue weighted by atomic mass is 9.87. The minimum atomic E-state index is -0.0689. The molecule has 2 aliphatic rings. The number of benzene rings is 2. The molecule has 4 rings (SSSR count). The Morgan fingerprint density at radius 3 is 2.64 bits per heavy atom. The van der Waals surface area contributed by atoms with Crippen molar-refractivity contribution in [3.8, 4) is 11.5 Å². The van der Waals surface area contributed by atoms with Crippen molar-refractivity contribution in [3.63, 3.8) is 0 Å². The molecule has 0 unspecified atom stereocenters. The molecule has 1 aliphatic heterocycles. The predicted octanol–water partition coefficient (Wildman–Crippen LogP) is 5.63. The van der Waals surface area contributed by atoms with Crippen molar-refractivity contribution in [1.29, 1.82) is 0 Å². The summed E-state index contributed by atoms with van der Waals surface area (Å²) in [7, 11) is 0. The van der Waals surface area contributed by atoms with Gasteiger partial charge in [0.15, 0.2) is 11.5 Å². The lowest BCUT2D eigenvalue weighted by molar-refractivity contribution is -0.117. The Morgan fingerprint density at radius 1 is 1.06 bits per heavy atom. The van der Waals surface area contributed by atoms with E-state index in [1.54, 1.807) is 6.92 Å². The van der Waals surface area contributed by atoms with Crippen LogP contribution in [0.15, 0.2) is 42.5 Å². The van der Waals surface area contributed by atoms with Crippen molar-refractivity contribution in [2.24, 2.45) is 5.92 Å². The number of hydrogen-bond donors (Lipinski definition) is 1. The first kappa shape index (κ1) is 23.3. The Kier molecular flexibility index (Phi) is 7.69. The Labute approximate surface area is 196 Å². The highest BCUT2D eigenvalue weighted by Gasteiger charge is 2.29. The average Bonchev–Trinajstić information content (AvgIpc) is 3.29. The van der Waals surface area contributed by atoms with Crippen LogP contribution in [0.3, 0.4) is 0 Å². The van der Waals surface area contributed by atoms with E-state index in [2.05, 4.69) is 36.5 Å². The fourth-order valence-electron chi connectivity index (χ4n) is 5.25. The monoisotopic (exact) mass is 449 g/mol. The van der Waals surface area contributed by atoms with Gasteiger partial charge < -0.3 is 19.6 Å². The molecule has 1 aliphatic carbocycles. The number of para-hydroxylation sites is 1. The van der Waals surface area contributed by atoms with Crippen LogP contribution >= 0.6 is 0 Å². The van der Waals surface area contributed by atoms with Gasteiger partial charge in [-0.3, -0.25) is 4.79 Å². The van der Waals surface area contributed by atoms with E-state index in [-0.39, 0.29) is 11.7 Å². The summed E-state index contributed by atoms with van der Waals surface area (Å²) < 4.78 is 11.7. The summed E-state index contributed by atoms with van der Waals surface area (Å²) in [6.45, 7) is 5.64. The number of ether oxygens (including phenoxy) is 2. The fraction of sp³-hybridized carbons (Fsp3) is 0.500. The molecule has 1 fully saturated rings. The van der Waals surface area contributed by atoms with Crippen LogP contribution in [0.25, 0.3) is 0 Å². The molecular formula is C28H35NO4. The van der Waals surface area contributed by atoms with Crippen LogP contribution in [0, 0.1) is 5.92 Å². The van der Waals surface area contributed by atoms with Crippen LogP contribution in [-0.2, 0) is 4.79 Å². The molecule has 2 aromatic carbocycles. The first-order chi connectivity index (χ1) is 16.0. The summed E-state index contributed by atoms with van der Waals surface area (Å²) in [4.78, 5) is 23.3. The highest BCUT2D eigenvalue weighted by Crippen LogP contribution is 2.45. The standard InChI is InChI=1S/C28H35NO4/c1-19(25-6-3-7-26-27(25)33-16-15-32-26)17-21-8-9-24(18-21)22-10-12-23(13-11-22)28(31)29-14-4-5-20(2)30/h3,6-7,10-13,19,21,24H,4-5,8-9,14-18H2,1-2H3,(H,29,31)/t19-,21+,24+/m0/s1. The molecule has 3 atom stereocenters. The van der Waals surface area contributed by atoms with Gasteiger partial charge in [0.2, 0.25) is 0 Å². The van der Waals surface area contributed by atoms with Crippen molar-refractivity contribution in [2.45, 2.75) is 64.2 Å². The van der Waals surface area contributed by atoms with E-state index in [9.17, 15) is 9.59 Å². The highest BCUT2D eigenvalue weighted by atomic mass is 16.6. The second kappa shape index (κ2) is 10.9. The molecule has 0 bridgehead atoms. The molecular weight excluding hydrogens is 414 g/mol. The van der Waals surface area contributed by atoms with Crippen LogP contribution in [0.5, 0.6) is 11.5 Å². The van der Waals surface area contributed by atoms with Gasteiger partial charge in [-0.2, -0.15) is 0 Å². The van der Waals surface area contributed by atoms with Gasteiger partial charge in [0.05, 0.1) is 0 Å². The van der Waals surface area contributed by atoms with Crippen LogP contribution < -0.4 is 14.8 Å². The van der Waals surface area contributed by atoms with Crippen molar-refractivity contribution in [3.05, 3.63) is 59.2 Å². The van der Waals surface area contributed by atoms with Gasteiger partial charge >= 0.3 is 0 Å². The van der Waals surface area contributed by atoms with Gasteiger partial charge in [-0.25, -0.2) is 0 Å². The van der Waals surface area contributed by atoms with Crippen LogP contribution in [0.2, 0.25) is 0 Å². The zero-order valence-electron chi connectivity index (χ0n) is 19.8. The van der Waals surface area contributed by atoms with Crippen molar-refractivity contribution >= 4 is 11.7 Å². The molecule has 176 valence electrons. The lowest BCUT2D eigenvalue weighted by Gasteiger charge is -2.25. The molecule has 1 saturated carbocycles. The number of fused-ring (bicyclic) bond motifs is 1. The topological polar surface area (TPSA) is 64.6 Å². The first-order valence-electron chi connectivity index (χ1n) is 12.3. The normalized spacial score (nSPS) is 20.3. The molecule has 0 radical (unpaired) electrons. The fourth-order valence-corrected chi connectivity index (χ4v) is 5.25. The Balaban J connectivity index is 1.29. The van der Waals surface area contributed by atoms with Gasteiger partial charge in [-0.1, -0.05) is 31.2 Å². The molecule has 33 heavy (non-hydrogen) atoms. The summed E-state index contributed by atoms with van der Waals surface area (Å²) in [6, 6.07) is 14.3. The van der Waals surface area contributed by atoms with Crippen LogP contribution in [0.4, 0.5) is 0 Å². The molecule has 0 saturated heterocycles. The second-order valence-electron chi connectivity index (χ2n) is 9.57. The van der Waals surface area contributed by atoms with E-state index < -0.39 is 0 Å². The number of hydrogen-bond acceptors (Lipinski definition) is 4. The maximum absolute atomic E-state index is 12.3. The SMILES string of the molecule is CC(=O)CCCNC(=O)c1ccc([C@@H]2CC[C@H](C[C@H](C)c3cccc4c3OCCO4)C2)cc1. The summed E-state index contributed by atoms with van der Waals surface area (Å²) in [6.07, 6.45) is 5.96. The molecule has 1 N–H and O–H groups in total. The Bertz CT molecular complexity index is 968. The number of amides is 1. The summed E-state index contributed by atoms with van der Waals surface area (Å²) >= 11 is 0. The van der Waals surface area contributed by atoms with E-state index in [0.717, 1.165) is 17.9 Å². The summed E-state index contributed by atoms with van der Waals surface area (Å²) in [5.41, 5.74) is 3.27. The summed E-state index contributed by atoms with van der Waals surface area (Å²) in [5, 5.41) is 2.90. The van der Waals surface area contributed by atoms with Gasteiger partial charge in [0.25, 0.3) is 5.91 Å². The maximum Gasteiger partial charge on any atom is 0.251 e. The molecule has 2 aromatic rings. The van der Waals surface area contributed by atoms with E-state index in [1.165, 1.54) is 30.4 Å². The number of carbonyl (C=O) groups excluding carboxylic acids is 2. The van der Waals surface area contributed by atoms with E-state index in [0.29, 0.717) is 55.9 Å². The van der Waals surface area contributed by atoms with Gasteiger partial charge in [-0.15, -0.1) is 0 Å². The smallest absolute Gasteiger partial charge is 0.251 e. The largest absolute Gasteiger partial charge is 0.486 e. The third kappa shape index (κ3) is 5.95. The third-order valence-electron chi connectivity index (χ3n) is 6.99. The van der Waals surface area contributed by atoms with Gasteiger partial charge in [0.1, 0.15) is 19.0 Å². The predicted molar refractivity (Wildman–Crippen MR) is 129 cm³/mol. The summed E-state index contributed by atoms with van der Waals surface area (Å²) in [5.74, 6) is 3.57. The minimum absolute atomic E-state index is 0.0689. The molecule has 0 aromatic heterocycles. The second-order valence-corrected chi connectivity index (χ2v) is 9.57. The Morgan fingerprint density at radius 2 is 1.85 bits per heavy atom. The van der Waals surface area contributed by atoms with Gasteiger partial charge in [-0.05, 0) is 80.5 Å². The molecule has 5 heteroatoms. The van der Waals surface area contributed by atoms with E-state index in [4.69, 9.17) is 9.47 Å². The zero-order valence-corrected chi connectivity index (χ0v) is 19.8. The van der Waals surface area contributed by atoms with Crippen molar-refractivity contribution in [1.82, 2.24) is 5.32 Å². The average molecular weight is 450 g/mol. The van der Waals surface area contributed by atoms with E-state index in [1.807, 2.05) is 18.2 Å². The maximum atomic E-state index is 12.3. The number of ketones is 1. The highest BCUT2D eigenvalue weighted by molar-refractivity contribution is 5.94. The number of carbonyl (C=O) groups is 2. The van der Waals surface area contributed by atoms with Crippen LogP contribution in [-0.4, -0.2) is 31.4 Å².